The topological polar surface area (TPSA) is 93.8 Å². The number of pyridine rings is 1. The Labute approximate surface area is 130 Å². The van der Waals surface area contributed by atoms with Crippen LogP contribution in [0.3, 0.4) is 0 Å². The summed E-state index contributed by atoms with van der Waals surface area (Å²) in [6.07, 6.45) is 0. The van der Waals surface area contributed by atoms with Gasteiger partial charge >= 0.3 is 0 Å². The van der Waals surface area contributed by atoms with E-state index >= 15 is 0 Å². The fourth-order valence-electron chi connectivity index (χ4n) is 1.90. The summed E-state index contributed by atoms with van der Waals surface area (Å²) in [6, 6.07) is 3.43. The van der Waals surface area contributed by atoms with E-state index in [0.717, 1.165) is 5.69 Å². The average molecular weight is 315 g/mol. The molecule has 0 radical (unpaired) electrons. The summed E-state index contributed by atoms with van der Waals surface area (Å²) >= 11 is 1.37. The molecule has 0 bridgehead atoms. The summed E-state index contributed by atoms with van der Waals surface area (Å²) < 4.78 is 4.97. The number of anilines is 1. The number of aromatic nitrogens is 4. The molecule has 0 fully saturated rings. The standard InChI is InChI=1S/C14H13N5O2S/c1-7-4-10(12-17-9(3)21-19-12)5-11(15-7)13(20)18-14-16-8(2)6-22-14/h4-6H,1-3H3,(H,16,18,20). The Bertz CT molecular complexity index is 839. The van der Waals surface area contributed by atoms with E-state index in [1.165, 1.54) is 11.3 Å². The van der Waals surface area contributed by atoms with Crippen LogP contribution in [0.25, 0.3) is 11.4 Å². The van der Waals surface area contributed by atoms with Gasteiger partial charge in [0.15, 0.2) is 5.13 Å². The molecule has 0 unspecified atom stereocenters. The maximum atomic E-state index is 12.3. The molecule has 0 aliphatic heterocycles. The van der Waals surface area contributed by atoms with Crippen LogP contribution in [-0.2, 0) is 0 Å². The van der Waals surface area contributed by atoms with Crippen molar-refractivity contribution in [2.45, 2.75) is 20.8 Å². The molecule has 7 nitrogen and oxygen atoms in total. The quantitative estimate of drug-likeness (QED) is 0.798. The Morgan fingerprint density at radius 1 is 1.14 bits per heavy atom. The molecule has 3 heterocycles. The van der Waals surface area contributed by atoms with Crippen molar-refractivity contribution < 1.29 is 9.32 Å². The van der Waals surface area contributed by atoms with Gasteiger partial charge in [0, 0.05) is 23.6 Å². The Balaban J connectivity index is 1.90. The highest BCUT2D eigenvalue weighted by Gasteiger charge is 2.14. The first-order chi connectivity index (χ1) is 10.5. The third-order valence-electron chi connectivity index (χ3n) is 2.81. The van der Waals surface area contributed by atoms with Gasteiger partial charge in [0.05, 0.1) is 5.69 Å². The predicted molar refractivity (Wildman–Crippen MR) is 81.8 cm³/mol. The first kappa shape index (κ1) is 14.3. The van der Waals surface area contributed by atoms with Gasteiger partial charge in [-0.05, 0) is 26.0 Å². The number of carbonyl (C=O) groups excluding carboxylic acids is 1. The summed E-state index contributed by atoms with van der Waals surface area (Å²) in [5.74, 6) is 0.579. The molecule has 3 rings (SSSR count). The van der Waals surface area contributed by atoms with Gasteiger partial charge in [0.2, 0.25) is 11.7 Å². The molecular formula is C14H13N5O2S. The van der Waals surface area contributed by atoms with Crippen LogP contribution in [0.15, 0.2) is 22.0 Å². The second kappa shape index (κ2) is 5.64. The van der Waals surface area contributed by atoms with E-state index in [4.69, 9.17) is 4.52 Å². The molecule has 0 saturated carbocycles. The summed E-state index contributed by atoms with van der Waals surface area (Å²) in [5.41, 5.74) is 2.52. The van der Waals surface area contributed by atoms with Crippen molar-refractivity contribution in [3.8, 4) is 11.4 Å². The number of nitrogens with one attached hydrogen (secondary N) is 1. The summed E-state index contributed by atoms with van der Waals surface area (Å²) in [6.45, 7) is 5.39. The first-order valence-electron chi connectivity index (χ1n) is 6.54. The number of nitrogens with zero attached hydrogens (tertiary/aromatic N) is 4. The van der Waals surface area contributed by atoms with E-state index < -0.39 is 0 Å². The zero-order valence-electron chi connectivity index (χ0n) is 12.2. The van der Waals surface area contributed by atoms with Crippen molar-refractivity contribution in [2.24, 2.45) is 0 Å². The summed E-state index contributed by atoms with van der Waals surface area (Å²) in [4.78, 5) is 24.9. The molecule has 0 aliphatic rings. The van der Waals surface area contributed by atoms with Crippen LogP contribution in [0.2, 0.25) is 0 Å². The molecule has 0 aliphatic carbocycles. The van der Waals surface area contributed by atoms with E-state index in [1.807, 2.05) is 12.3 Å². The molecule has 0 saturated heterocycles. The molecule has 0 aromatic carbocycles. The molecule has 8 heteroatoms. The van der Waals surface area contributed by atoms with Crippen molar-refractivity contribution in [2.75, 3.05) is 5.32 Å². The van der Waals surface area contributed by atoms with Crippen molar-refractivity contribution >= 4 is 22.4 Å². The lowest BCUT2D eigenvalue weighted by Gasteiger charge is -2.04. The van der Waals surface area contributed by atoms with Crippen molar-refractivity contribution in [3.63, 3.8) is 0 Å². The van der Waals surface area contributed by atoms with Crippen LogP contribution in [-0.4, -0.2) is 26.0 Å². The van der Waals surface area contributed by atoms with Gasteiger partial charge in [-0.2, -0.15) is 4.98 Å². The van der Waals surface area contributed by atoms with Gasteiger partial charge in [-0.25, -0.2) is 9.97 Å². The fraction of sp³-hybridized carbons (Fsp3) is 0.214. The Morgan fingerprint density at radius 3 is 2.59 bits per heavy atom. The lowest BCUT2D eigenvalue weighted by Crippen LogP contribution is -2.14. The molecule has 22 heavy (non-hydrogen) atoms. The zero-order valence-corrected chi connectivity index (χ0v) is 13.1. The third kappa shape index (κ3) is 3.01. The van der Waals surface area contributed by atoms with Gasteiger partial charge in [-0.1, -0.05) is 5.16 Å². The number of rotatable bonds is 3. The van der Waals surface area contributed by atoms with E-state index in [-0.39, 0.29) is 11.6 Å². The Hall–Kier alpha value is -2.61. The molecule has 1 N–H and O–H groups in total. The molecule has 1 amide bonds. The smallest absolute Gasteiger partial charge is 0.276 e. The van der Waals surface area contributed by atoms with Crippen LogP contribution in [0.4, 0.5) is 5.13 Å². The fourth-order valence-corrected chi connectivity index (χ4v) is 2.59. The highest BCUT2D eigenvalue weighted by molar-refractivity contribution is 7.13. The maximum Gasteiger partial charge on any atom is 0.276 e. The summed E-state index contributed by atoms with van der Waals surface area (Å²) in [5, 5.41) is 9.00. The predicted octanol–water partition coefficient (Wildman–Crippen LogP) is 2.77. The minimum Gasteiger partial charge on any atom is -0.339 e. The monoisotopic (exact) mass is 315 g/mol. The van der Waals surface area contributed by atoms with Gasteiger partial charge < -0.3 is 4.52 Å². The van der Waals surface area contributed by atoms with Gasteiger partial charge in [-0.15, -0.1) is 11.3 Å². The van der Waals surface area contributed by atoms with Crippen LogP contribution >= 0.6 is 11.3 Å². The number of hydrogen-bond acceptors (Lipinski definition) is 7. The largest absolute Gasteiger partial charge is 0.339 e. The molecule has 0 atom stereocenters. The molecule has 0 spiro atoms. The average Bonchev–Trinajstić information content (AvgIpc) is 3.07. The lowest BCUT2D eigenvalue weighted by atomic mass is 10.2. The lowest BCUT2D eigenvalue weighted by molar-refractivity contribution is 0.102. The van der Waals surface area contributed by atoms with Gasteiger partial charge in [0.1, 0.15) is 5.69 Å². The Kier molecular flexibility index (Phi) is 3.68. The molecule has 112 valence electrons. The zero-order chi connectivity index (χ0) is 15.7. The molecular weight excluding hydrogens is 302 g/mol. The highest BCUT2D eigenvalue weighted by atomic mass is 32.1. The minimum absolute atomic E-state index is 0.283. The number of hydrogen-bond donors (Lipinski definition) is 1. The minimum atomic E-state index is -0.320. The van der Waals surface area contributed by atoms with E-state index in [2.05, 4.69) is 25.4 Å². The SMILES string of the molecule is Cc1cc(-c2noc(C)n2)cc(C(=O)Nc2nc(C)cs2)n1. The second-order valence-electron chi connectivity index (χ2n) is 4.77. The van der Waals surface area contributed by atoms with Crippen molar-refractivity contribution in [1.29, 1.82) is 0 Å². The van der Waals surface area contributed by atoms with E-state index in [0.29, 0.717) is 28.1 Å². The molecule has 3 aromatic heterocycles. The first-order valence-corrected chi connectivity index (χ1v) is 7.42. The van der Waals surface area contributed by atoms with Crippen LogP contribution in [0.5, 0.6) is 0 Å². The van der Waals surface area contributed by atoms with Crippen LogP contribution < -0.4 is 5.32 Å². The van der Waals surface area contributed by atoms with Gasteiger partial charge in [0.25, 0.3) is 5.91 Å². The van der Waals surface area contributed by atoms with Crippen LogP contribution in [0, 0.1) is 20.8 Å². The molecule has 3 aromatic rings. The maximum absolute atomic E-state index is 12.3. The van der Waals surface area contributed by atoms with Crippen LogP contribution in [0.1, 0.15) is 27.8 Å². The number of amides is 1. The normalized spacial score (nSPS) is 10.7. The van der Waals surface area contributed by atoms with E-state index in [9.17, 15) is 4.79 Å². The number of aryl methyl sites for hydroxylation is 3. The van der Waals surface area contributed by atoms with Crippen molar-refractivity contribution in [1.82, 2.24) is 20.1 Å². The second-order valence-corrected chi connectivity index (χ2v) is 5.63. The summed E-state index contributed by atoms with van der Waals surface area (Å²) in [7, 11) is 0. The Morgan fingerprint density at radius 2 is 1.95 bits per heavy atom. The third-order valence-corrected chi connectivity index (χ3v) is 3.69. The number of carbonyl (C=O) groups is 1. The highest BCUT2D eigenvalue weighted by Crippen LogP contribution is 2.19. The van der Waals surface area contributed by atoms with E-state index in [1.54, 1.807) is 26.0 Å². The number of thiazole rings is 1. The van der Waals surface area contributed by atoms with Gasteiger partial charge in [-0.3, -0.25) is 10.1 Å². The van der Waals surface area contributed by atoms with Crippen molar-refractivity contribution in [3.05, 3.63) is 40.5 Å².